The van der Waals surface area contributed by atoms with Gasteiger partial charge >= 0.3 is 0 Å². The van der Waals surface area contributed by atoms with Crippen LogP contribution < -0.4 is 0 Å². The van der Waals surface area contributed by atoms with Crippen LogP contribution in [0.3, 0.4) is 0 Å². The molecule has 0 aliphatic heterocycles. The summed E-state index contributed by atoms with van der Waals surface area (Å²) in [5.74, 6) is 1.72. The van der Waals surface area contributed by atoms with E-state index in [2.05, 4.69) is 132 Å². The van der Waals surface area contributed by atoms with E-state index in [4.69, 9.17) is 19.4 Å². The molecule has 4 heterocycles. The fourth-order valence-corrected chi connectivity index (χ4v) is 9.70. The minimum Gasteiger partial charge on any atom is -0.456 e. The molecule has 12 aromatic rings. The highest BCUT2D eigenvalue weighted by atomic mass is 32.1. The van der Waals surface area contributed by atoms with Crippen molar-refractivity contribution in [1.29, 1.82) is 0 Å². The molecule has 6 heteroatoms. The quantitative estimate of drug-likeness (QED) is 0.175. The molecule has 280 valence electrons. The zero-order chi connectivity index (χ0) is 39.5. The summed E-state index contributed by atoms with van der Waals surface area (Å²) in [4.78, 5) is 15.6. The van der Waals surface area contributed by atoms with E-state index < -0.39 is 0 Å². The molecule has 0 bridgehead atoms. The third-order valence-electron chi connectivity index (χ3n) is 11.1. The average Bonchev–Trinajstić information content (AvgIpc) is 3.99. The Labute approximate surface area is 344 Å². The number of fused-ring (bicyclic) bond motifs is 9. The highest BCUT2D eigenvalue weighted by Crippen LogP contribution is 2.43. The van der Waals surface area contributed by atoms with Crippen molar-refractivity contribution < 1.29 is 4.42 Å². The van der Waals surface area contributed by atoms with E-state index in [-0.39, 0.29) is 0 Å². The van der Waals surface area contributed by atoms with Gasteiger partial charge in [0.05, 0.1) is 11.0 Å². The second-order valence-corrected chi connectivity index (χ2v) is 15.4. The van der Waals surface area contributed by atoms with E-state index in [1.807, 2.05) is 79.8 Å². The van der Waals surface area contributed by atoms with Gasteiger partial charge in [0.15, 0.2) is 11.6 Å². The van der Waals surface area contributed by atoms with Crippen LogP contribution in [0.2, 0.25) is 0 Å². The Morgan fingerprint density at radius 1 is 0.424 bits per heavy atom. The molecule has 0 N–H and O–H groups in total. The summed E-state index contributed by atoms with van der Waals surface area (Å²) >= 11 is 1.86. The molecule has 0 aliphatic rings. The number of furan rings is 1. The lowest BCUT2D eigenvalue weighted by atomic mass is 9.96. The van der Waals surface area contributed by atoms with Crippen LogP contribution >= 0.6 is 11.3 Å². The van der Waals surface area contributed by atoms with E-state index in [1.54, 1.807) is 0 Å². The minimum absolute atomic E-state index is 0.549. The Morgan fingerprint density at radius 3 is 1.88 bits per heavy atom. The van der Waals surface area contributed by atoms with Crippen molar-refractivity contribution in [3.05, 3.63) is 182 Å². The summed E-state index contributed by atoms with van der Waals surface area (Å²) in [7, 11) is 0. The van der Waals surface area contributed by atoms with Gasteiger partial charge < -0.3 is 4.42 Å². The molecule has 4 aromatic heterocycles. The van der Waals surface area contributed by atoms with Gasteiger partial charge in [0.2, 0.25) is 5.95 Å². The van der Waals surface area contributed by atoms with Crippen molar-refractivity contribution in [3.8, 4) is 51.0 Å². The number of hydrogen-bond donors (Lipinski definition) is 0. The molecule has 0 spiro atoms. The first-order chi connectivity index (χ1) is 29.2. The molecule has 0 radical (unpaired) electrons. The Morgan fingerprint density at radius 2 is 1.03 bits per heavy atom. The van der Waals surface area contributed by atoms with Crippen LogP contribution in [0.1, 0.15) is 13.8 Å². The zero-order valence-corrected chi connectivity index (χ0v) is 33.2. The van der Waals surface area contributed by atoms with Gasteiger partial charge in [-0.3, -0.25) is 4.57 Å². The van der Waals surface area contributed by atoms with Crippen molar-refractivity contribution in [2.45, 2.75) is 13.8 Å². The van der Waals surface area contributed by atoms with Crippen LogP contribution in [-0.2, 0) is 0 Å². The van der Waals surface area contributed by atoms with Crippen LogP contribution in [-0.4, -0.2) is 19.5 Å². The van der Waals surface area contributed by atoms with Gasteiger partial charge in [-0.1, -0.05) is 159 Å². The minimum atomic E-state index is 0.549. The van der Waals surface area contributed by atoms with Gasteiger partial charge in [0.25, 0.3) is 0 Å². The van der Waals surface area contributed by atoms with E-state index in [0.717, 1.165) is 66.0 Å². The molecular formula is C53H36N4OS. The molecule has 59 heavy (non-hydrogen) atoms. The van der Waals surface area contributed by atoms with Gasteiger partial charge in [0.1, 0.15) is 11.2 Å². The Hall–Kier alpha value is -7.41. The third-order valence-corrected chi connectivity index (χ3v) is 12.3. The summed E-state index contributed by atoms with van der Waals surface area (Å²) in [6.07, 6.45) is 0. The van der Waals surface area contributed by atoms with Crippen LogP contribution in [0.15, 0.2) is 186 Å². The smallest absolute Gasteiger partial charge is 0.238 e. The number of rotatable bonds is 5. The number of thiophene rings is 1. The standard InChI is InChI=1S/C51H30N4OS.C2H6/c1-2-13-31(14-3-1)49-52-50(34-27-28-39-38-18-5-8-25-44(38)56-45(39)30-34)54-51(53-49)55-43-24-7-4-17-37(43)41-22-11-20-35(47(41)55)32-15-10-16-33(29-32)36-21-12-23-42-40-19-6-9-26-46(40)57-48(36)42;1-2/h1-30H;1-2H3. The molecule has 0 saturated carbocycles. The van der Waals surface area contributed by atoms with E-state index in [0.29, 0.717) is 17.6 Å². The van der Waals surface area contributed by atoms with Gasteiger partial charge in [-0.2, -0.15) is 9.97 Å². The first-order valence-electron chi connectivity index (χ1n) is 20.0. The van der Waals surface area contributed by atoms with Crippen molar-refractivity contribution in [3.63, 3.8) is 0 Å². The highest BCUT2D eigenvalue weighted by molar-refractivity contribution is 7.26. The van der Waals surface area contributed by atoms with Gasteiger partial charge in [-0.05, 0) is 53.1 Å². The molecule has 0 saturated heterocycles. The maximum absolute atomic E-state index is 6.32. The topological polar surface area (TPSA) is 56.7 Å². The Bertz CT molecular complexity index is 3540. The first-order valence-corrected chi connectivity index (χ1v) is 20.8. The SMILES string of the molecule is CC.c1ccc(-c2nc(-c3ccc4c(c3)oc3ccccc34)nc(-n3c4ccccc4c4cccc(-c5cccc(-c6cccc7c6sc6ccccc67)c5)c43)n2)cc1. The summed E-state index contributed by atoms with van der Waals surface area (Å²) in [6, 6.07) is 63.9. The van der Waals surface area contributed by atoms with Gasteiger partial charge in [-0.15, -0.1) is 11.3 Å². The number of benzene rings is 8. The Kier molecular flexibility index (Phi) is 8.38. The van der Waals surface area contributed by atoms with Crippen molar-refractivity contribution in [1.82, 2.24) is 19.5 Å². The lowest BCUT2D eigenvalue weighted by molar-refractivity contribution is 0.669. The van der Waals surface area contributed by atoms with Crippen molar-refractivity contribution in [2.24, 2.45) is 0 Å². The molecular weight excluding hydrogens is 741 g/mol. The fourth-order valence-electron chi connectivity index (χ4n) is 8.46. The molecule has 8 aromatic carbocycles. The molecule has 0 amide bonds. The number of aromatic nitrogens is 4. The second-order valence-electron chi connectivity index (χ2n) is 14.4. The van der Waals surface area contributed by atoms with Crippen LogP contribution in [0.25, 0.3) is 115 Å². The lowest BCUT2D eigenvalue weighted by Crippen LogP contribution is -2.07. The van der Waals surface area contributed by atoms with E-state index in [1.165, 1.54) is 31.3 Å². The number of para-hydroxylation sites is 3. The number of nitrogens with zero attached hydrogens (tertiary/aromatic N) is 4. The average molecular weight is 777 g/mol. The molecule has 0 unspecified atom stereocenters. The highest BCUT2D eigenvalue weighted by Gasteiger charge is 2.21. The summed E-state index contributed by atoms with van der Waals surface area (Å²) < 4.78 is 11.1. The largest absolute Gasteiger partial charge is 0.456 e. The monoisotopic (exact) mass is 776 g/mol. The second kappa shape index (κ2) is 14.2. The third kappa shape index (κ3) is 5.71. The maximum Gasteiger partial charge on any atom is 0.238 e. The fraction of sp³-hybridized carbons (Fsp3) is 0.0377. The predicted octanol–water partition coefficient (Wildman–Crippen LogP) is 14.9. The summed E-state index contributed by atoms with van der Waals surface area (Å²) in [6.45, 7) is 4.00. The van der Waals surface area contributed by atoms with Gasteiger partial charge in [-0.25, -0.2) is 4.98 Å². The summed E-state index contributed by atoms with van der Waals surface area (Å²) in [5, 5.41) is 7.00. The molecule has 12 rings (SSSR count). The molecule has 0 aliphatic carbocycles. The van der Waals surface area contributed by atoms with Crippen LogP contribution in [0.4, 0.5) is 0 Å². The zero-order valence-electron chi connectivity index (χ0n) is 32.4. The predicted molar refractivity (Wildman–Crippen MR) is 247 cm³/mol. The van der Waals surface area contributed by atoms with Crippen molar-refractivity contribution in [2.75, 3.05) is 0 Å². The van der Waals surface area contributed by atoms with Crippen molar-refractivity contribution >= 4 is 75.3 Å². The van der Waals surface area contributed by atoms with Crippen LogP contribution in [0, 0.1) is 0 Å². The van der Waals surface area contributed by atoms with Crippen LogP contribution in [0.5, 0.6) is 0 Å². The van der Waals surface area contributed by atoms with E-state index >= 15 is 0 Å². The molecule has 0 fully saturated rings. The van der Waals surface area contributed by atoms with E-state index in [9.17, 15) is 0 Å². The maximum atomic E-state index is 6.32. The number of hydrogen-bond acceptors (Lipinski definition) is 5. The van der Waals surface area contributed by atoms with Gasteiger partial charge in [0, 0.05) is 58.4 Å². The summed E-state index contributed by atoms with van der Waals surface area (Å²) in [5.41, 5.74) is 10.1. The normalized spacial score (nSPS) is 11.6. The molecule has 0 atom stereocenters. The Balaban J connectivity index is 0.00000196. The lowest BCUT2D eigenvalue weighted by Gasteiger charge is -2.13. The first kappa shape index (κ1) is 34.8. The molecule has 5 nitrogen and oxygen atoms in total.